The standard InChI is InChI=1S/C54H70F3N9O6S/c1-32(71-4)45-36(11-7-19-58-45)47-38-25-52(2,3)31-72-51(70)39-12-8-20-66(61-39)49(68)40(24-44-59-41(27-73-44)34-13-16-42(37(38)23-34)65(47)30-54(55,56)57)60-48(67)46(33-9-5-6-10-33)62-21-17-53(28-62)18-22-63(29-53)50(69)43-26-64(43)35-14-15-35/h13,16,19,23,27,32-33,35,39-40,43,46,61H,5-12,14-15,17-18,20-22,24-26,28-31H2,1-4H3,(H,60,67)/t32-,39-,40-,43+,46-,53-,64?/m0/s1. The minimum absolute atomic E-state index is 0.0253. The van der Waals surface area contributed by atoms with Crippen molar-refractivity contribution in [3.63, 3.8) is 0 Å². The number of likely N-dealkylation sites (tertiary alicyclic amines) is 2. The maximum atomic E-state index is 15.1. The number of allylic oxidation sites excluding steroid dienone is 1. The van der Waals surface area contributed by atoms with Crippen LogP contribution in [0.1, 0.15) is 114 Å². The van der Waals surface area contributed by atoms with Crippen LogP contribution in [0.5, 0.6) is 0 Å². The van der Waals surface area contributed by atoms with Crippen LogP contribution in [0.2, 0.25) is 0 Å². The second-order valence-electron chi connectivity index (χ2n) is 23.2. The molecule has 0 radical (unpaired) electrons. The molecular weight excluding hydrogens is 960 g/mol. The summed E-state index contributed by atoms with van der Waals surface area (Å²) in [5.41, 5.74) is 6.46. The Bertz CT molecular complexity index is 2710. The number of nitrogens with one attached hydrogen (secondary N) is 2. The molecule has 7 atom stereocenters. The van der Waals surface area contributed by atoms with E-state index >= 15 is 4.79 Å². The summed E-state index contributed by atoms with van der Waals surface area (Å²) in [5, 5.41) is 7.86. The Balaban J connectivity index is 0.924. The Kier molecular flexibility index (Phi) is 13.7. The van der Waals surface area contributed by atoms with Crippen molar-refractivity contribution in [1.29, 1.82) is 0 Å². The van der Waals surface area contributed by atoms with Crippen molar-refractivity contribution in [3.05, 3.63) is 45.5 Å². The number of rotatable bonds is 10. The predicted molar refractivity (Wildman–Crippen MR) is 271 cm³/mol. The number of methoxy groups -OCH3 is 1. The van der Waals surface area contributed by atoms with Crippen LogP contribution in [0.15, 0.2) is 34.3 Å². The highest BCUT2D eigenvalue weighted by Gasteiger charge is 2.54. The molecule has 1 aromatic carbocycles. The highest BCUT2D eigenvalue weighted by molar-refractivity contribution is 7.10. The average molecular weight is 1030 g/mol. The molecule has 2 N–H and O–H groups in total. The van der Waals surface area contributed by atoms with Crippen molar-refractivity contribution in [1.82, 2.24) is 40.0 Å². The van der Waals surface area contributed by atoms with E-state index in [1.807, 2.05) is 32.2 Å². The summed E-state index contributed by atoms with van der Waals surface area (Å²) in [6.07, 6.45) is 7.16. The number of hydrazine groups is 1. The van der Waals surface area contributed by atoms with Gasteiger partial charge in [0, 0.05) is 96.8 Å². The van der Waals surface area contributed by atoms with Gasteiger partial charge in [-0.2, -0.15) is 13.2 Å². The second-order valence-corrected chi connectivity index (χ2v) is 24.1. The first kappa shape index (κ1) is 50.5. The Morgan fingerprint density at radius 3 is 2.60 bits per heavy atom. The minimum Gasteiger partial charge on any atom is -0.464 e. The van der Waals surface area contributed by atoms with Gasteiger partial charge in [0.1, 0.15) is 24.7 Å². The molecule has 6 bridgehead atoms. The van der Waals surface area contributed by atoms with E-state index in [0.717, 1.165) is 64.7 Å². The third-order valence-corrected chi connectivity index (χ3v) is 18.0. The van der Waals surface area contributed by atoms with E-state index in [0.29, 0.717) is 94.5 Å². The van der Waals surface area contributed by atoms with Crippen molar-refractivity contribution in [2.45, 2.75) is 160 Å². The van der Waals surface area contributed by atoms with Gasteiger partial charge in [-0.15, -0.1) is 11.3 Å². The summed E-state index contributed by atoms with van der Waals surface area (Å²) >= 11 is 1.36. The van der Waals surface area contributed by atoms with E-state index in [1.165, 1.54) is 33.8 Å². The van der Waals surface area contributed by atoms with Crippen LogP contribution < -0.4 is 10.7 Å². The molecule has 19 heteroatoms. The van der Waals surface area contributed by atoms with Gasteiger partial charge in [-0.1, -0.05) is 32.8 Å². The molecule has 15 nitrogen and oxygen atoms in total. The molecule has 73 heavy (non-hydrogen) atoms. The topological polar surface area (TPSA) is 154 Å². The molecule has 2 aromatic heterocycles. The average Bonchev–Trinajstić information content (AvgIpc) is 4.04. The van der Waals surface area contributed by atoms with Crippen LogP contribution in [0.4, 0.5) is 13.2 Å². The molecule has 4 saturated heterocycles. The molecule has 6 aliphatic heterocycles. The van der Waals surface area contributed by atoms with Gasteiger partial charge in [-0.05, 0) is 108 Å². The fourth-order valence-electron chi connectivity index (χ4n) is 13.1. The van der Waals surface area contributed by atoms with Crippen molar-refractivity contribution in [2.24, 2.45) is 21.7 Å². The number of cyclic esters (lactones) is 1. The van der Waals surface area contributed by atoms with Crippen molar-refractivity contribution >= 4 is 57.7 Å². The van der Waals surface area contributed by atoms with Gasteiger partial charge in [-0.25, -0.2) is 10.4 Å². The number of esters is 1. The van der Waals surface area contributed by atoms with E-state index in [4.69, 9.17) is 19.5 Å². The fraction of sp³-hybridized carbons (Fsp3) is 0.667. The number of thiazole rings is 1. The Hall–Kier alpha value is -4.69. The normalized spacial score (nSPS) is 29.0. The molecule has 8 heterocycles. The zero-order chi connectivity index (χ0) is 51.0. The minimum atomic E-state index is -4.55. The van der Waals surface area contributed by atoms with Gasteiger partial charge in [0.25, 0.3) is 5.91 Å². The summed E-state index contributed by atoms with van der Waals surface area (Å²) < 4.78 is 57.4. The van der Waals surface area contributed by atoms with Crippen LogP contribution in [0, 0.1) is 16.7 Å². The number of alkyl halides is 3. The van der Waals surface area contributed by atoms with Gasteiger partial charge in [-0.3, -0.25) is 39.0 Å². The van der Waals surface area contributed by atoms with E-state index in [2.05, 4.69) is 25.4 Å². The van der Waals surface area contributed by atoms with Crippen LogP contribution in [-0.2, 0) is 48.0 Å². The second kappa shape index (κ2) is 19.8. The number of hydrogen-bond donors (Lipinski definition) is 2. The highest BCUT2D eigenvalue weighted by atomic mass is 32.1. The monoisotopic (exact) mass is 1030 g/mol. The number of aromatic nitrogens is 2. The maximum Gasteiger partial charge on any atom is 0.406 e. The zero-order valence-electron chi connectivity index (χ0n) is 42.6. The molecule has 2 aliphatic carbocycles. The van der Waals surface area contributed by atoms with Crippen molar-refractivity contribution in [2.75, 3.05) is 53.0 Å². The number of hydrogen-bond acceptors (Lipinski definition) is 12. The van der Waals surface area contributed by atoms with Crippen LogP contribution in [-0.4, -0.2) is 155 Å². The largest absolute Gasteiger partial charge is 0.464 e. The van der Waals surface area contributed by atoms with Gasteiger partial charge in [0.05, 0.1) is 40.8 Å². The lowest BCUT2D eigenvalue weighted by molar-refractivity contribution is -0.155. The third kappa shape index (κ3) is 10.4. The number of carbonyl (C=O) groups is 4. The van der Waals surface area contributed by atoms with Crippen LogP contribution in [0.25, 0.3) is 27.7 Å². The molecule has 2 saturated carbocycles. The number of amides is 3. The van der Waals surface area contributed by atoms with E-state index in [9.17, 15) is 27.6 Å². The molecule has 1 unspecified atom stereocenters. The smallest absolute Gasteiger partial charge is 0.406 e. The number of nitrogens with zero attached hydrogens (tertiary/aromatic N) is 7. The van der Waals surface area contributed by atoms with Gasteiger partial charge in [0.2, 0.25) is 11.8 Å². The van der Waals surface area contributed by atoms with Gasteiger partial charge >= 0.3 is 12.1 Å². The van der Waals surface area contributed by atoms with E-state index in [1.54, 1.807) is 25.5 Å². The number of halogens is 3. The maximum absolute atomic E-state index is 15.1. The lowest BCUT2D eigenvalue weighted by Crippen LogP contribution is -2.62. The summed E-state index contributed by atoms with van der Waals surface area (Å²) in [5.74, 6) is -0.728. The Morgan fingerprint density at radius 2 is 1.84 bits per heavy atom. The lowest BCUT2D eigenvalue weighted by atomic mass is 9.83. The molecule has 8 aliphatic rings. The van der Waals surface area contributed by atoms with Crippen LogP contribution >= 0.6 is 11.3 Å². The zero-order valence-corrected chi connectivity index (χ0v) is 43.4. The summed E-state index contributed by atoms with van der Waals surface area (Å²) in [6, 6.07) is 3.72. The summed E-state index contributed by atoms with van der Waals surface area (Å²) in [7, 11) is 1.56. The lowest BCUT2D eigenvalue weighted by Gasteiger charge is -2.37. The van der Waals surface area contributed by atoms with Crippen LogP contribution in [0.3, 0.4) is 0 Å². The molecule has 11 rings (SSSR count). The predicted octanol–water partition coefficient (Wildman–Crippen LogP) is 6.92. The number of ether oxygens (including phenoxy) is 2. The van der Waals surface area contributed by atoms with E-state index in [-0.39, 0.29) is 54.5 Å². The molecular formula is C54H70F3N9O6S. The molecule has 394 valence electrons. The third-order valence-electron chi connectivity index (χ3n) is 17.1. The molecule has 1 spiro atoms. The Morgan fingerprint density at radius 1 is 1.04 bits per heavy atom. The molecule has 3 amide bonds. The number of aliphatic imine (C=N–C) groups is 1. The number of fused-ring (bicyclic) bond motifs is 6. The van der Waals surface area contributed by atoms with Gasteiger partial charge < -0.3 is 24.3 Å². The first-order chi connectivity index (χ1) is 35.0. The Labute approximate surface area is 429 Å². The quantitative estimate of drug-likeness (QED) is 0.162. The highest BCUT2D eigenvalue weighted by Crippen LogP contribution is 2.46. The number of carbonyl (C=O) groups excluding carboxylic acids is 4. The molecule has 6 fully saturated rings. The number of benzene rings is 1. The van der Waals surface area contributed by atoms with E-state index < -0.39 is 48.3 Å². The first-order valence-corrected chi connectivity index (χ1v) is 27.6. The first-order valence-electron chi connectivity index (χ1n) is 26.8. The van der Waals surface area contributed by atoms with Gasteiger partial charge in [0.15, 0.2) is 0 Å². The van der Waals surface area contributed by atoms with Crippen molar-refractivity contribution < 1.29 is 41.8 Å². The SMILES string of the molecule is CO[C@@H](C)C1=C(c2c3c4cc(ccc4n2CC(F)(F)F)-c2csc(n2)C[C@H](NC(=O)[C@H](C2CCCC2)N2CC[C@]4(CCN(C(=O)[C@H]5CN5C5CC5)C4)C2)C(=O)N2CCC[C@H](N2)C(=O)OCC(C)(C)C3)CCC=N1. The fourth-order valence-corrected chi connectivity index (χ4v) is 14.0. The summed E-state index contributed by atoms with van der Waals surface area (Å²) in [4.78, 5) is 74.2. The van der Waals surface area contributed by atoms with Crippen molar-refractivity contribution in [3.8, 4) is 11.3 Å². The molecule has 3 aromatic rings. The summed E-state index contributed by atoms with van der Waals surface area (Å²) in [6.45, 7) is 8.57.